The van der Waals surface area contributed by atoms with Crippen molar-refractivity contribution in [1.82, 2.24) is 105 Å². The molecule has 3 aromatic carbocycles. The van der Waals surface area contributed by atoms with Gasteiger partial charge in [0.25, 0.3) is 0 Å². The molecule has 0 saturated carbocycles. The number of unbranched alkanes of at least 4 members (excludes halogenated alkanes) is 1. The number of fused-ring (bicyclic) bond motifs is 3. The van der Waals surface area contributed by atoms with Crippen LogP contribution in [-0.2, 0) is 102 Å². The summed E-state index contributed by atoms with van der Waals surface area (Å²) < 4.78 is 0. The highest BCUT2D eigenvalue weighted by molar-refractivity contribution is 7.98. The predicted molar refractivity (Wildman–Crippen MR) is 516 cm³/mol. The SMILES string of the molecule is CC[C@H](C)[C@H](NC(=O)CNC(=O)[C@H](Cc1cnc[nH]1)NC(=O)[C@@H](NC(=O)[C@H](CCCCN)NC(=O)[C@H](CCSC)NC(=O)[C@H](CC(C)C)NC(=O)[C@H](Cc1c[nH]c2ccccc12)NC(=O)[C@@H](NC(=O)[C@H](CCCNC(=N)N)NC(=O)[C@H](Cc1c[nH]c2ccccc12)NC(=O)[C@@H](N)CCSC)[C@@H](C)O)[C@@H](C)O)C(=O)N[C@@H](CCC(=O)O)C(=O)N[C@@H](CO)C(=O)N[C@@H](Cc1c[nH]c2ccccc12)C(=O)O. The van der Waals surface area contributed by atoms with Gasteiger partial charge in [-0.3, -0.25) is 77.3 Å². The molecule has 0 unspecified atom stereocenters. The van der Waals surface area contributed by atoms with Gasteiger partial charge in [0.15, 0.2) is 5.96 Å². The zero-order chi connectivity index (χ0) is 101. The summed E-state index contributed by atoms with van der Waals surface area (Å²) in [7, 11) is 0. The van der Waals surface area contributed by atoms with Crippen molar-refractivity contribution < 1.29 is 102 Å². The van der Waals surface area contributed by atoms with Gasteiger partial charge in [0.05, 0.1) is 37.7 Å². The Hall–Kier alpha value is -13.2. The van der Waals surface area contributed by atoms with Gasteiger partial charge in [-0.15, -0.1) is 0 Å². The number of carbonyl (C=O) groups excluding carboxylic acids is 14. The van der Waals surface area contributed by atoms with Crippen LogP contribution in [0.3, 0.4) is 0 Å². The Morgan fingerprint density at radius 2 is 0.841 bits per heavy atom. The maximum atomic E-state index is 15.2. The topological polar surface area (TPSA) is 733 Å². The first-order chi connectivity index (χ1) is 65.8. The normalized spacial score (nSPS) is 15.1. The number of benzene rings is 3. The van der Waals surface area contributed by atoms with Crippen LogP contribution in [-0.4, -0.2) is 298 Å². The molecule has 0 aliphatic rings. The molecule has 47 heteroatoms. The molecule has 0 aliphatic heterocycles. The third kappa shape index (κ3) is 35.1. The molecule has 17 atom stereocenters. The molecule has 31 N–H and O–H groups in total. The highest BCUT2D eigenvalue weighted by Crippen LogP contribution is 2.25. The molecule has 754 valence electrons. The third-order valence-electron chi connectivity index (χ3n) is 23.0. The highest BCUT2D eigenvalue weighted by atomic mass is 32.2. The number of thioether (sulfide) groups is 2. The van der Waals surface area contributed by atoms with Gasteiger partial charge in [-0.2, -0.15) is 23.5 Å². The van der Waals surface area contributed by atoms with E-state index < -0.39 is 223 Å². The van der Waals surface area contributed by atoms with Crippen LogP contribution in [0.4, 0.5) is 0 Å². The van der Waals surface area contributed by atoms with Crippen LogP contribution in [0.2, 0.25) is 0 Å². The largest absolute Gasteiger partial charge is 0.481 e. The van der Waals surface area contributed by atoms with Crippen molar-refractivity contribution in [3.63, 3.8) is 0 Å². The molecular formula is C91H132N24O21S2. The number of carboxylic acid groups (broad SMARTS) is 2. The first-order valence-electron chi connectivity index (χ1n) is 45.6. The minimum Gasteiger partial charge on any atom is -0.481 e. The molecule has 7 aromatic rings. The summed E-state index contributed by atoms with van der Waals surface area (Å²) in [5.74, 6) is -17.4. The number of para-hydroxylation sites is 3. The summed E-state index contributed by atoms with van der Waals surface area (Å²) in [4.78, 5) is 243. The number of nitrogens with zero attached hydrogens (tertiary/aromatic N) is 1. The van der Waals surface area contributed by atoms with Crippen molar-refractivity contribution in [2.75, 3.05) is 50.3 Å². The van der Waals surface area contributed by atoms with E-state index in [1.165, 1.54) is 43.0 Å². The van der Waals surface area contributed by atoms with Crippen molar-refractivity contribution in [2.45, 2.75) is 235 Å². The average molecular weight is 1960 g/mol. The van der Waals surface area contributed by atoms with Gasteiger partial charge in [0.2, 0.25) is 82.7 Å². The van der Waals surface area contributed by atoms with E-state index in [2.05, 4.69) is 105 Å². The monoisotopic (exact) mass is 1960 g/mol. The number of aromatic amines is 4. The maximum Gasteiger partial charge on any atom is 0.326 e. The van der Waals surface area contributed by atoms with E-state index in [9.17, 15) is 92.7 Å². The van der Waals surface area contributed by atoms with Crippen LogP contribution in [0.5, 0.6) is 0 Å². The molecular weight excluding hydrogens is 1830 g/mol. The summed E-state index contributed by atoms with van der Waals surface area (Å²) in [6, 6.07) is -0.509. The maximum absolute atomic E-state index is 15.2. The number of guanidine groups is 1. The molecule has 7 rings (SSSR count). The van der Waals surface area contributed by atoms with Gasteiger partial charge >= 0.3 is 11.9 Å². The van der Waals surface area contributed by atoms with Crippen molar-refractivity contribution in [2.24, 2.45) is 29.0 Å². The second kappa shape index (κ2) is 56.5. The second-order valence-electron chi connectivity index (χ2n) is 34.2. The predicted octanol–water partition coefficient (Wildman–Crippen LogP) is -2.44. The molecule has 0 radical (unpaired) electrons. The Morgan fingerprint density at radius 1 is 0.442 bits per heavy atom. The number of carboxylic acids is 2. The number of amides is 14. The van der Waals surface area contributed by atoms with Crippen molar-refractivity contribution >= 4 is 157 Å². The number of hydrogen-bond acceptors (Lipinski definition) is 25. The number of nitrogens with two attached hydrogens (primary N) is 3. The number of carbonyl (C=O) groups is 16. The number of H-pyrrole nitrogens is 4. The van der Waals surface area contributed by atoms with Crippen LogP contribution in [0.1, 0.15) is 135 Å². The molecule has 4 aromatic heterocycles. The minimum atomic E-state index is -1.89. The number of hydrogen-bond donors (Lipinski definition) is 28. The van der Waals surface area contributed by atoms with Gasteiger partial charge < -0.3 is 142 Å². The number of imidazole rings is 1. The molecule has 0 bridgehead atoms. The Morgan fingerprint density at radius 3 is 1.29 bits per heavy atom. The van der Waals surface area contributed by atoms with Crippen LogP contribution in [0.15, 0.2) is 104 Å². The van der Waals surface area contributed by atoms with E-state index >= 15 is 9.59 Å². The third-order valence-corrected chi connectivity index (χ3v) is 24.3. The van der Waals surface area contributed by atoms with Gasteiger partial charge in [0.1, 0.15) is 78.5 Å². The lowest BCUT2D eigenvalue weighted by Gasteiger charge is -2.29. The molecule has 0 saturated heterocycles. The van der Waals surface area contributed by atoms with E-state index in [1.807, 2.05) is 24.5 Å². The Balaban J connectivity index is 1.05. The van der Waals surface area contributed by atoms with E-state index in [0.717, 1.165) is 17.8 Å². The second-order valence-corrected chi connectivity index (χ2v) is 36.2. The Labute approximate surface area is 805 Å². The number of nitrogens with one attached hydrogen (secondary N) is 20. The molecule has 0 aliphatic carbocycles. The number of aliphatic hydroxyl groups excluding tert-OH is 3. The van der Waals surface area contributed by atoms with Crippen LogP contribution < -0.4 is 97.0 Å². The summed E-state index contributed by atoms with van der Waals surface area (Å²) in [6.45, 7) is 7.30. The molecule has 0 fully saturated rings. The smallest absolute Gasteiger partial charge is 0.326 e. The van der Waals surface area contributed by atoms with E-state index in [1.54, 1.807) is 107 Å². The zero-order valence-electron chi connectivity index (χ0n) is 78.3. The number of rotatable bonds is 61. The van der Waals surface area contributed by atoms with Crippen LogP contribution >= 0.6 is 23.5 Å². The van der Waals surface area contributed by atoms with Crippen molar-refractivity contribution in [3.05, 3.63) is 126 Å². The van der Waals surface area contributed by atoms with E-state index in [-0.39, 0.29) is 113 Å². The van der Waals surface area contributed by atoms with Gasteiger partial charge in [-0.05, 0) is 149 Å². The first kappa shape index (κ1) is 112. The minimum absolute atomic E-state index is 0.0469. The fourth-order valence-electron chi connectivity index (χ4n) is 15.1. The molecule has 138 heavy (non-hydrogen) atoms. The molecule has 4 heterocycles. The number of aliphatic carboxylic acids is 2. The lowest BCUT2D eigenvalue weighted by molar-refractivity contribution is -0.142. The summed E-state index contributed by atoms with van der Waals surface area (Å²) in [5, 5.41) is 101. The van der Waals surface area contributed by atoms with Gasteiger partial charge in [-0.25, -0.2) is 9.78 Å². The van der Waals surface area contributed by atoms with E-state index in [0.29, 0.717) is 50.7 Å². The highest BCUT2D eigenvalue weighted by Gasteiger charge is 2.41. The lowest BCUT2D eigenvalue weighted by Crippen LogP contribution is -2.62. The van der Waals surface area contributed by atoms with Gasteiger partial charge in [-0.1, -0.05) is 88.7 Å². The quantitative estimate of drug-likeness (QED) is 0.0107. The fourth-order valence-corrected chi connectivity index (χ4v) is 16.1. The zero-order valence-corrected chi connectivity index (χ0v) is 80.0. The van der Waals surface area contributed by atoms with E-state index in [4.69, 9.17) is 22.6 Å². The van der Waals surface area contributed by atoms with Crippen molar-refractivity contribution in [3.8, 4) is 0 Å². The standard InChI is InChI=1S/C91H132N24O21S2/c1-9-48(4)74(87(132)106-64(27-28-73(120)121)79(124)112-71(45-116)86(131)111-70(90(135)136)38-53-42-100-61-24-15-12-21-57(53)61)113-72(119)44-101-78(123)69(39-54-43-96-46-102-54)110-89(134)76(50(6)118)114-81(126)62(25-16-17-31-92)103-80(125)65(30-34-138-8)105-83(128)66(35-47(2)3)108-85(130)68(37-52-41-99-60-23-14-11-20-56(52)60)109-88(133)75(49(5)117)115-82(127)63(26-18-32-97-91(94)95)104-84(129)67(107-77(122)58(93)29-33-137-7)36-51-40-98-59-22-13-10-19-55(51)59/h10-15,19-24,40-43,46-50,58,62-71,74-76,98-100,116-118H,9,16-18,25-39,44-45,92-93H2,1-8H3,(H,96,102)(H,101,123)(H,103,125)(H,104,129)(H,105,128)(H,106,132)(H,107,122)(H,108,130)(H,109,133)(H,110,134)(H,111,131)(H,112,124)(H,113,119)(H,114,126)(H,115,127)(H,120,121)(H,135,136)(H4,94,95,97)/t48-,49+,50+,58-,62-,63-,64-,65-,66-,67-,68-,69-,70-,71-,74-,75-,76-/m0/s1. The Kier molecular flexibility index (Phi) is 45.7. The molecule has 45 nitrogen and oxygen atoms in total. The number of aliphatic hydroxyl groups is 3. The first-order valence-corrected chi connectivity index (χ1v) is 48.3. The molecule has 14 amide bonds. The lowest BCUT2D eigenvalue weighted by atomic mass is 9.97. The van der Waals surface area contributed by atoms with Crippen LogP contribution in [0.25, 0.3) is 32.7 Å². The van der Waals surface area contributed by atoms with Crippen molar-refractivity contribution in [1.29, 1.82) is 5.41 Å². The molecule has 0 spiro atoms. The van der Waals surface area contributed by atoms with Crippen LogP contribution in [0, 0.1) is 17.2 Å². The van der Waals surface area contributed by atoms with Gasteiger partial charge in [0, 0.05) is 102 Å². The average Bonchev–Trinajstić information content (AvgIpc) is 1.77. The fraction of sp³-hybridized carbons (Fsp3) is 0.516. The summed E-state index contributed by atoms with van der Waals surface area (Å²) >= 11 is 2.77. The Bertz CT molecular complexity index is 5280. The summed E-state index contributed by atoms with van der Waals surface area (Å²) in [5.41, 5.74) is 21.8. The summed E-state index contributed by atoms with van der Waals surface area (Å²) in [6.07, 6.45) is 6.06. The number of aromatic nitrogens is 5.